The van der Waals surface area contributed by atoms with Crippen LogP contribution in [0.4, 0.5) is 0 Å². The van der Waals surface area contributed by atoms with E-state index >= 15 is 0 Å². The van der Waals surface area contributed by atoms with E-state index in [-0.39, 0.29) is 13.2 Å². The van der Waals surface area contributed by atoms with Gasteiger partial charge in [0.1, 0.15) is 0 Å². The van der Waals surface area contributed by atoms with Crippen LogP contribution >= 0.6 is 0 Å². The highest BCUT2D eigenvalue weighted by Crippen LogP contribution is 2.22. The third kappa shape index (κ3) is 9.21. The fraction of sp³-hybridized carbons (Fsp3) is 0.0625. The molecule has 7 heteroatoms. The van der Waals surface area contributed by atoms with Gasteiger partial charge in [0.05, 0.1) is 13.2 Å². The summed E-state index contributed by atoms with van der Waals surface area (Å²) in [5, 5.41) is 34.9. The van der Waals surface area contributed by atoms with Gasteiger partial charge >= 0.3 is 5.97 Å². The second-order valence-electron chi connectivity index (χ2n) is 8.44. The number of amides is 1. The zero-order chi connectivity index (χ0) is 28.0. The molecule has 0 aromatic heterocycles. The second-order valence-corrected chi connectivity index (χ2v) is 8.44. The molecule has 198 valence electrons. The van der Waals surface area contributed by atoms with Crippen LogP contribution in [0.15, 0.2) is 109 Å². The predicted molar refractivity (Wildman–Crippen MR) is 151 cm³/mol. The first-order valence-corrected chi connectivity index (χ1v) is 12.1. The molecule has 0 heterocycles. The van der Waals surface area contributed by atoms with Crippen LogP contribution in [0.2, 0.25) is 0 Å². The Morgan fingerprint density at radius 1 is 0.564 bits per heavy atom. The van der Waals surface area contributed by atoms with E-state index < -0.39 is 11.9 Å². The zero-order valence-corrected chi connectivity index (χ0v) is 21.1. The van der Waals surface area contributed by atoms with Crippen LogP contribution in [0, 0.1) is 0 Å². The first-order chi connectivity index (χ1) is 18.9. The van der Waals surface area contributed by atoms with Crippen LogP contribution in [-0.2, 0) is 22.8 Å². The van der Waals surface area contributed by atoms with E-state index in [0.29, 0.717) is 0 Å². The molecule has 39 heavy (non-hydrogen) atoms. The maximum absolute atomic E-state index is 10.9. The second kappa shape index (κ2) is 14.8. The van der Waals surface area contributed by atoms with Gasteiger partial charge in [-0.3, -0.25) is 10.0 Å². The van der Waals surface area contributed by atoms with E-state index in [1.54, 1.807) is 12.2 Å². The lowest BCUT2D eigenvalue weighted by Gasteiger charge is -2.03. The number of hydroxylamine groups is 1. The number of carboxylic acids is 1. The zero-order valence-electron chi connectivity index (χ0n) is 21.1. The van der Waals surface area contributed by atoms with Crippen LogP contribution in [-0.4, -0.2) is 32.4 Å². The number of carbonyl (C=O) groups excluding carboxylic acids is 1. The molecule has 4 aromatic carbocycles. The van der Waals surface area contributed by atoms with Gasteiger partial charge in [-0.15, -0.1) is 0 Å². The van der Waals surface area contributed by atoms with E-state index in [2.05, 4.69) is 0 Å². The molecule has 4 rings (SSSR count). The summed E-state index contributed by atoms with van der Waals surface area (Å²) in [4.78, 5) is 21.3. The Labute approximate surface area is 226 Å². The summed E-state index contributed by atoms with van der Waals surface area (Å²) in [6.45, 7) is 0.0795. The Kier molecular flexibility index (Phi) is 10.9. The number of aliphatic carboxylic acids is 1. The molecule has 0 aliphatic heterocycles. The van der Waals surface area contributed by atoms with Gasteiger partial charge in [0.25, 0.3) is 5.91 Å². The fourth-order valence-corrected chi connectivity index (χ4v) is 3.56. The monoisotopic (exact) mass is 523 g/mol. The number of rotatable bonds is 8. The van der Waals surface area contributed by atoms with E-state index in [0.717, 1.165) is 50.6 Å². The maximum atomic E-state index is 10.9. The Bertz CT molecular complexity index is 1410. The molecule has 0 spiro atoms. The average Bonchev–Trinajstić information content (AvgIpc) is 2.99. The molecule has 1 amide bonds. The molecule has 5 N–H and O–H groups in total. The summed E-state index contributed by atoms with van der Waals surface area (Å²) in [6.07, 6.45) is 5.54. The molecule has 0 aliphatic rings. The van der Waals surface area contributed by atoms with Crippen molar-refractivity contribution in [1.82, 2.24) is 5.48 Å². The Hall–Kier alpha value is -4.82. The minimum absolute atomic E-state index is 0.0386. The number of aliphatic hydroxyl groups excluding tert-OH is 2. The highest BCUT2D eigenvalue weighted by atomic mass is 16.5. The van der Waals surface area contributed by atoms with Crippen LogP contribution in [0.3, 0.4) is 0 Å². The van der Waals surface area contributed by atoms with Crippen molar-refractivity contribution in [2.45, 2.75) is 13.2 Å². The smallest absolute Gasteiger partial charge is 0.328 e. The quantitative estimate of drug-likeness (QED) is 0.121. The van der Waals surface area contributed by atoms with E-state index in [1.165, 1.54) is 11.6 Å². The van der Waals surface area contributed by atoms with Crippen LogP contribution in [0.1, 0.15) is 22.3 Å². The average molecular weight is 524 g/mol. The van der Waals surface area contributed by atoms with Gasteiger partial charge in [0.15, 0.2) is 0 Å². The minimum Gasteiger partial charge on any atom is -0.478 e. The van der Waals surface area contributed by atoms with Crippen LogP contribution in [0.25, 0.3) is 34.4 Å². The lowest BCUT2D eigenvalue weighted by Crippen LogP contribution is -2.14. The molecule has 0 bridgehead atoms. The number of carboxylic acid groups (broad SMARTS) is 1. The number of hydrogen-bond acceptors (Lipinski definition) is 5. The number of carbonyl (C=O) groups is 2. The summed E-state index contributed by atoms with van der Waals surface area (Å²) >= 11 is 0. The normalized spacial score (nSPS) is 10.7. The van der Waals surface area contributed by atoms with E-state index in [1.807, 2.05) is 97.1 Å². The summed E-state index contributed by atoms with van der Waals surface area (Å²) in [7, 11) is 0. The van der Waals surface area contributed by atoms with Crippen molar-refractivity contribution in [3.63, 3.8) is 0 Å². The third-order valence-electron chi connectivity index (χ3n) is 5.72. The standard InChI is InChI=1S/C16H15NO3.C16H14O3/c18-11-13-3-8-15(9-4-13)14-6-1-12(2-7-14)5-10-16(19)17-20;17-11-13-3-8-15(9-4-13)14-6-1-12(2-7-14)5-10-16(18)19/h1-10,18,20H,11H2,(H,17,19);1-10,17H,11H2,(H,18,19)/b2*10-5+. The first-order valence-electron chi connectivity index (χ1n) is 12.1. The number of hydrogen-bond donors (Lipinski definition) is 5. The SMILES string of the molecule is O=C(/C=C/c1ccc(-c2ccc(CO)cc2)cc1)NO.O=C(O)/C=C/c1ccc(-c2ccc(CO)cc2)cc1. The van der Waals surface area contributed by atoms with E-state index in [4.69, 9.17) is 20.5 Å². The van der Waals surface area contributed by atoms with Gasteiger partial charge in [-0.1, -0.05) is 97.1 Å². The fourth-order valence-electron chi connectivity index (χ4n) is 3.56. The lowest BCUT2D eigenvalue weighted by molar-refractivity contribution is -0.131. The van der Waals surface area contributed by atoms with Crippen molar-refractivity contribution in [3.05, 3.63) is 131 Å². The molecule has 0 saturated heterocycles. The minimum atomic E-state index is -0.955. The van der Waals surface area contributed by atoms with Gasteiger partial charge in [-0.05, 0) is 56.7 Å². The Morgan fingerprint density at radius 2 is 0.897 bits per heavy atom. The lowest BCUT2D eigenvalue weighted by atomic mass is 10.0. The van der Waals surface area contributed by atoms with Crippen LogP contribution in [0.5, 0.6) is 0 Å². The molecule has 0 aliphatic carbocycles. The summed E-state index contributed by atoms with van der Waals surface area (Å²) < 4.78 is 0. The highest BCUT2D eigenvalue weighted by Gasteiger charge is 2.00. The number of benzene rings is 4. The van der Waals surface area contributed by atoms with Gasteiger partial charge < -0.3 is 15.3 Å². The topological polar surface area (TPSA) is 127 Å². The molecule has 7 nitrogen and oxygen atoms in total. The van der Waals surface area contributed by atoms with Crippen molar-refractivity contribution in [1.29, 1.82) is 0 Å². The molecule has 0 saturated carbocycles. The predicted octanol–water partition coefficient (Wildman–Crippen LogP) is 5.31. The molecular formula is C32H29NO6. The Balaban J connectivity index is 0.000000216. The number of aliphatic hydroxyl groups is 2. The Morgan fingerprint density at radius 3 is 1.21 bits per heavy atom. The van der Waals surface area contributed by atoms with Crippen molar-refractivity contribution in [2.24, 2.45) is 0 Å². The van der Waals surface area contributed by atoms with Crippen molar-refractivity contribution >= 4 is 24.0 Å². The van der Waals surface area contributed by atoms with Crippen molar-refractivity contribution in [2.75, 3.05) is 0 Å². The molecule has 0 radical (unpaired) electrons. The maximum Gasteiger partial charge on any atom is 0.328 e. The van der Waals surface area contributed by atoms with Gasteiger partial charge in [-0.25, -0.2) is 10.3 Å². The largest absolute Gasteiger partial charge is 0.478 e. The third-order valence-corrected chi connectivity index (χ3v) is 5.72. The van der Waals surface area contributed by atoms with Crippen molar-refractivity contribution < 1.29 is 30.1 Å². The van der Waals surface area contributed by atoms with Gasteiger partial charge in [-0.2, -0.15) is 0 Å². The molecule has 0 unspecified atom stereocenters. The van der Waals surface area contributed by atoms with Crippen LogP contribution < -0.4 is 5.48 Å². The number of nitrogens with one attached hydrogen (secondary N) is 1. The van der Waals surface area contributed by atoms with Gasteiger partial charge in [0.2, 0.25) is 0 Å². The van der Waals surface area contributed by atoms with E-state index in [9.17, 15) is 9.59 Å². The summed E-state index contributed by atoms with van der Waals surface area (Å²) in [5.41, 5.74) is 9.23. The molecule has 0 atom stereocenters. The van der Waals surface area contributed by atoms with Gasteiger partial charge in [0, 0.05) is 12.2 Å². The first kappa shape index (κ1) is 28.7. The molecular weight excluding hydrogens is 494 g/mol. The molecule has 4 aromatic rings. The molecule has 0 fully saturated rings. The highest BCUT2D eigenvalue weighted by molar-refractivity contribution is 5.90. The summed E-state index contributed by atoms with van der Waals surface area (Å²) in [5.74, 6) is -1.52. The summed E-state index contributed by atoms with van der Waals surface area (Å²) in [6, 6.07) is 30.6. The van der Waals surface area contributed by atoms with Crippen molar-refractivity contribution in [3.8, 4) is 22.3 Å².